The molecule has 1 aliphatic heterocycles. The van der Waals surface area contributed by atoms with Gasteiger partial charge in [-0.3, -0.25) is 0 Å². The number of hydrogen-bond donors (Lipinski definition) is 2. The lowest BCUT2D eigenvalue weighted by Crippen LogP contribution is -2.41. The minimum atomic E-state index is -0.307. The quantitative estimate of drug-likeness (QED) is 0.383. The van der Waals surface area contributed by atoms with E-state index >= 15 is 0 Å². The Balaban J connectivity index is 0.000000511. The molecule has 1 saturated heterocycles. The van der Waals surface area contributed by atoms with Gasteiger partial charge in [0.15, 0.2) is 0 Å². The fraction of sp³-hybridized carbons (Fsp3) is 0.333. The van der Waals surface area contributed by atoms with Crippen LogP contribution in [0.1, 0.15) is 27.7 Å². The Bertz CT molecular complexity index is 662. The van der Waals surface area contributed by atoms with Crippen molar-refractivity contribution in [3.8, 4) is 11.1 Å². The molecule has 0 unspecified atom stereocenters. The molecule has 0 aliphatic carbocycles. The van der Waals surface area contributed by atoms with Crippen molar-refractivity contribution >= 4 is 55.6 Å². The Morgan fingerprint density at radius 1 is 0.760 bits per heavy atom. The summed E-state index contributed by atoms with van der Waals surface area (Å²) in [5.74, 6) is 0. The molecule has 2 nitrogen and oxygen atoms in total. The zero-order valence-electron chi connectivity index (χ0n) is 14.8. The van der Waals surface area contributed by atoms with Gasteiger partial charge in [0.1, 0.15) is 0 Å². The van der Waals surface area contributed by atoms with Gasteiger partial charge >= 0.3 is 7.12 Å². The maximum absolute atomic E-state index is 6.12. The van der Waals surface area contributed by atoms with E-state index in [9.17, 15) is 0 Å². The van der Waals surface area contributed by atoms with Crippen molar-refractivity contribution in [3.05, 3.63) is 54.6 Å². The third-order valence-electron chi connectivity index (χ3n) is 4.55. The molecule has 1 fully saturated rings. The third-order valence-corrected chi connectivity index (χ3v) is 7.22. The normalized spacial score (nSPS) is 17.8. The van der Waals surface area contributed by atoms with Crippen LogP contribution in [0.2, 0.25) is 0 Å². The first-order valence-corrected chi connectivity index (χ1v) is 12.2. The van der Waals surface area contributed by atoms with E-state index in [1.807, 2.05) is 6.07 Å². The Morgan fingerprint density at radius 3 is 1.80 bits per heavy atom. The Kier molecular flexibility index (Phi) is 7.74. The van der Waals surface area contributed by atoms with Crippen LogP contribution < -0.4 is 5.46 Å². The highest BCUT2D eigenvalue weighted by Crippen LogP contribution is 2.36. The highest BCUT2D eigenvalue weighted by Gasteiger charge is 2.51. The van der Waals surface area contributed by atoms with Crippen molar-refractivity contribution in [3.63, 3.8) is 0 Å². The summed E-state index contributed by atoms with van der Waals surface area (Å²) in [5, 5.41) is 0. The van der Waals surface area contributed by atoms with Crippen molar-refractivity contribution in [1.82, 2.24) is 0 Å². The maximum atomic E-state index is 6.12. The molecule has 134 valence electrons. The SMILES string of the molecule is CC1(C)OB(c2cccc(-c3ccccc3)c2)OC1(C)C.SSSS. The zero-order chi connectivity index (χ0) is 18.5. The first kappa shape index (κ1) is 21.1. The van der Waals surface area contributed by atoms with Crippen LogP contribution in [0, 0.1) is 0 Å². The minimum absolute atomic E-state index is 0.305. The van der Waals surface area contributed by atoms with Crippen molar-refractivity contribution in [2.24, 2.45) is 0 Å². The van der Waals surface area contributed by atoms with Crippen LogP contribution in [-0.4, -0.2) is 18.3 Å². The second kappa shape index (κ2) is 9.15. The summed E-state index contributed by atoms with van der Waals surface area (Å²) in [4.78, 5) is 0. The molecule has 2 aromatic rings. The van der Waals surface area contributed by atoms with Gasteiger partial charge in [0.2, 0.25) is 0 Å². The van der Waals surface area contributed by atoms with Crippen molar-refractivity contribution in [1.29, 1.82) is 0 Å². The van der Waals surface area contributed by atoms with Gasteiger partial charge in [0.05, 0.1) is 11.2 Å². The Labute approximate surface area is 169 Å². The predicted octanol–water partition coefficient (Wildman–Crippen LogP) is 5.71. The van der Waals surface area contributed by atoms with E-state index < -0.39 is 0 Å². The number of benzene rings is 2. The smallest absolute Gasteiger partial charge is 0.399 e. The highest BCUT2D eigenvalue weighted by molar-refractivity contribution is 9.21. The maximum Gasteiger partial charge on any atom is 0.494 e. The molecule has 7 heteroatoms. The molecule has 0 saturated carbocycles. The van der Waals surface area contributed by atoms with Crippen LogP contribution in [0.3, 0.4) is 0 Å². The fourth-order valence-electron chi connectivity index (χ4n) is 2.47. The summed E-state index contributed by atoms with van der Waals surface area (Å²) < 4.78 is 12.2. The average molecular weight is 410 g/mol. The van der Waals surface area contributed by atoms with E-state index in [4.69, 9.17) is 9.31 Å². The molecule has 1 heterocycles. The molecule has 0 aromatic heterocycles. The first-order chi connectivity index (χ1) is 11.8. The largest absolute Gasteiger partial charge is 0.494 e. The summed E-state index contributed by atoms with van der Waals surface area (Å²) in [6.07, 6.45) is 0. The monoisotopic (exact) mass is 410 g/mol. The summed E-state index contributed by atoms with van der Waals surface area (Å²) in [6.45, 7) is 8.31. The highest BCUT2D eigenvalue weighted by atomic mass is 33.7. The minimum Gasteiger partial charge on any atom is -0.399 e. The number of thiol groups is 2. The summed E-state index contributed by atoms with van der Waals surface area (Å²) in [5.41, 5.74) is 2.84. The second-order valence-electron chi connectivity index (χ2n) is 6.73. The summed E-state index contributed by atoms with van der Waals surface area (Å²) in [6, 6.07) is 18.8. The van der Waals surface area contributed by atoms with Crippen LogP contribution >= 0.6 is 43.0 Å². The van der Waals surface area contributed by atoms with Gasteiger partial charge in [0.25, 0.3) is 0 Å². The molecule has 3 rings (SSSR count). The Hall–Kier alpha value is -0.175. The van der Waals surface area contributed by atoms with Gasteiger partial charge in [-0.15, -0.1) is 0 Å². The van der Waals surface area contributed by atoms with Gasteiger partial charge in [-0.1, -0.05) is 77.9 Å². The first-order valence-electron chi connectivity index (χ1n) is 7.93. The lowest BCUT2D eigenvalue weighted by molar-refractivity contribution is 0.00578. The molecule has 0 spiro atoms. The van der Waals surface area contributed by atoms with E-state index in [-0.39, 0.29) is 18.3 Å². The fourth-order valence-corrected chi connectivity index (χ4v) is 2.47. The third kappa shape index (κ3) is 5.40. The second-order valence-corrected chi connectivity index (χ2v) is 10.6. The molecular formula is C18H23BO2S4. The molecule has 1 aliphatic rings. The lowest BCUT2D eigenvalue weighted by Gasteiger charge is -2.32. The Morgan fingerprint density at radius 2 is 1.28 bits per heavy atom. The topological polar surface area (TPSA) is 18.5 Å². The summed E-state index contributed by atoms with van der Waals surface area (Å²) >= 11 is 7.45. The predicted molar refractivity (Wildman–Crippen MR) is 121 cm³/mol. The van der Waals surface area contributed by atoms with Crippen LogP contribution in [0.4, 0.5) is 0 Å². The molecule has 2 aromatic carbocycles. The van der Waals surface area contributed by atoms with E-state index in [2.05, 4.69) is 99.5 Å². The molecule has 0 N–H and O–H groups in total. The van der Waals surface area contributed by atoms with Crippen molar-refractivity contribution < 1.29 is 9.31 Å². The van der Waals surface area contributed by atoms with Crippen LogP contribution in [0.15, 0.2) is 54.6 Å². The van der Waals surface area contributed by atoms with Gasteiger partial charge in [0, 0.05) is 0 Å². The molecule has 25 heavy (non-hydrogen) atoms. The van der Waals surface area contributed by atoms with Gasteiger partial charge in [-0.2, -0.15) is 0 Å². The van der Waals surface area contributed by atoms with Crippen molar-refractivity contribution in [2.75, 3.05) is 0 Å². The molecule has 0 atom stereocenters. The van der Waals surface area contributed by atoms with Gasteiger partial charge in [-0.25, -0.2) is 0 Å². The van der Waals surface area contributed by atoms with Crippen LogP contribution in [0.5, 0.6) is 0 Å². The standard InChI is InChI=1S/C18H21BO2.H2S4/c1-17(2)18(3,4)21-19(20-17)16-12-8-11-15(13-16)14-9-6-5-7-10-14;1-3-4-2/h5-13H,1-4H3;1-2H. The van der Waals surface area contributed by atoms with Gasteiger partial charge < -0.3 is 9.31 Å². The van der Waals surface area contributed by atoms with E-state index in [0.717, 1.165) is 5.46 Å². The van der Waals surface area contributed by atoms with Crippen LogP contribution in [0.25, 0.3) is 11.1 Å². The lowest BCUT2D eigenvalue weighted by atomic mass is 9.78. The number of hydrogen-bond acceptors (Lipinski definition) is 6. The van der Waals surface area contributed by atoms with Crippen molar-refractivity contribution in [2.45, 2.75) is 38.9 Å². The van der Waals surface area contributed by atoms with Gasteiger partial charge in [-0.05, 0) is 63.9 Å². The molecule has 0 amide bonds. The average Bonchev–Trinajstić information content (AvgIpc) is 2.84. The zero-order valence-corrected chi connectivity index (χ0v) is 18.2. The van der Waals surface area contributed by atoms with E-state index in [0.29, 0.717) is 0 Å². The molecule has 0 radical (unpaired) electrons. The summed E-state index contributed by atoms with van der Waals surface area (Å²) in [7, 11) is 2.36. The number of rotatable bonds is 3. The molecular weight excluding hydrogens is 387 g/mol. The van der Waals surface area contributed by atoms with Crippen LogP contribution in [-0.2, 0) is 9.31 Å². The van der Waals surface area contributed by atoms with E-state index in [1.165, 1.54) is 30.8 Å². The molecule has 0 bridgehead atoms. The van der Waals surface area contributed by atoms with E-state index in [1.54, 1.807) is 0 Å².